The number of hydrogen-bond donors (Lipinski definition) is 2. The van der Waals surface area contributed by atoms with Crippen LogP contribution in [-0.4, -0.2) is 17.7 Å². The van der Waals surface area contributed by atoms with Crippen LogP contribution < -0.4 is 15.8 Å². The second-order valence-corrected chi connectivity index (χ2v) is 6.79. The normalized spacial score (nSPS) is 21.1. The number of hydrogen-bond acceptors (Lipinski definition) is 3. The molecule has 3 amide bonds. The van der Waals surface area contributed by atoms with Gasteiger partial charge in [0.05, 0.1) is 23.2 Å². The predicted molar refractivity (Wildman–Crippen MR) is 102 cm³/mol. The van der Waals surface area contributed by atoms with Crippen molar-refractivity contribution in [2.24, 2.45) is 11.8 Å². The summed E-state index contributed by atoms with van der Waals surface area (Å²) in [5, 5.41) is 3.71. The molecule has 2 atom stereocenters. The number of rotatable bonds is 3. The van der Waals surface area contributed by atoms with Crippen molar-refractivity contribution < 1.29 is 18.8 Å². The Morgan fingerprint density at radius 3 is 2.57 bits per heavy atom. The minimum absolute atomic E-state index is 0.0667. The van der Waals surface area contributed by atoms with Crippen LogP contribution in [0.15, 0.2) is 60.7 Å². The molecule has 1 fully saturated rings. The van der Waals surface area contributed by atoms with Gasteiger partial charge in [-0.25, -0.2) is 9.40 Å². The monoisotopic (exact) mass is 379 g/mol. The van der Waals surface area contributed by atoms with Crippen LogP contribution in [0.3, 0.4) is 0 Å². The Morgan fingerprint density at radius 2 is 1.79 bits per heavy atom. The number of halogens is 1. The number of carbonyl (C=O) groups is 3. The molecule has 0 spiro atoms. The molecule has 0 radical (unpaired) electrons. The molecule has 0 bridgehead atoms. The summed E-state index contributed by atoms with van der Waals surface area (Å²) in [4.78, 5) is 37.7. The molecule has 0 aromatic heterocycles. The van der Waals surface area contributed by atoms with Gasteiger partial charge in [-0.2, -0.15) is 0 Å². The van der Waals surface area contributed by atoms with Crippen LogP contribution in [0.5, 0.6) is 0 Å². The van der Waals surface area contributed by atoms with Crippen LogP contribution >= 0.6 is 0 Å². The lowest BCUT2D eigenvalue weighted by atomic mass is 9.80. The van der Waals surface area contributed by atoms with E-state index in [1.165, 1.54) is 29.3 Å². The van der Waals surface area contributed by atoms with E-state index in [2.05, 4.69) is 10.7 Å². The summed E-state index contributed by atoms with van der Waals surface area (Å²) < 4.78 is 13.8. The van der Waals surface area contributed by atoms with Crippen LogP contribution in [0, 0.1) is 17.7 Å². The highest BCUT2D eigenvalue weighted by molar-refractivity contribution is 6.07. The van der Waals surface area contributed by atoms with Gasteiger partial charge in [0.2, 0.25) is 11.8 Å². The number of amides is 3. The molecule has 2 aromatic rings. The van der Waals surface area contributed by atoms with E-state index in [9.17, 15) is 18.8 Å². The van der Waals surface area contributed by atoms with E-state index in [1.807, 2.05) is 12.2 Å². The highest BCUT2D eigenvalue weighted by Crippen LogP contribution is 2.32. The van der Waals surface area contributed by atoms with Gasteiger partial charge < -0.3 is 5.32 Å². The standard InChI is InChI=1S/C21H18FN3O3/c22-17-10-3-4-11-18(17)23-19(26)13-6-5-7-14(12-13)25-21(28)16-9-2-1-8-15(16)20(27)24-25/h1-7,10-12,15-16H,8-9H2,(H,23,26)(H,24,27)/t15-,16-/m0/s1. The summed E-state index contributed by atoms with van der Waals surface area (Å²) in [6, 6.07) is 12.2. The summed E-state index contributed by atoms with van der Waals surface area (Å²) in [7, 11) is 0. The molecule has 1 saturated heterocycles. The van der Waals surface area contributed by atoms with Gasteiger partial charge in [0, 0.05) is 5.56 Å². The first-order valence-electron chi connectivity index (χ1n) is 9.00. The molecule has 4 rings (SSSR count). The molecule has 0 unspecified atom stereocenters. The Kier molecular flexibility index (Phi) is 4.65. The third-order valence-electron chi connectivity index (χ3n) is 5.02. The van der Waals surface area contributed by atoms with Gasteiger partial charge in [-0.05, 0) is 43.2 Å². The summed E-state index contributed by atoms with van der Waals surface area (Å²) in [5.74, 6) is -2.24. The van der Waals surface area contributed by atoms with Crippen LogP contribution in [-0.2, 0) is 9.59 Å². The van der Waals surface area contributed by atoms with Crippen LogP contribution in [0.4, 0.5) is 15.8 Å². The van der Waals surface area contributed by atoms with Crippen molar-refractivity contribution in [1.29, 1.82) is 0 Å². The smallest absolute Gasteiger partial charge is 0.255 e. The van der Waals surface area contributed by atoms with Gasteiger partial charge in [0.25, 0.3) is 5.91 Å². The van der Waals surface area contributed by atoms with Gasteiger partial charge in [-0.15, -0.1) is 0 Å². The largest absolute Gasteiger partial charge is 0.319 e. The second-order valence-electron chi connectivity index (χ2n) is 6.79. The van der Waals surface area contributed by atoms with Crippen molar-refractivity contribution >= 4 is 29.1 Å². The average Bonchev–Trinajstić information content (AvgIpc) is 2.72. The Labute approximate surface area is 161 Å². The molecule has 7 heteroatoms. The number of hydrazine groups is 1. The second kappa shape index (κ2) is 7.26. The Morgan fingerprint density at radius 1 is 1.04 bits per heavy atom. The summed E-state index contributed by atoms with van der Waals surface area (Å²) in [6.07, 6.45) is 4.88. The first kappa shape index (κ1) is 17.9. The molecule has 6 nitrogen and oxygen atoms in total. The number of nitrogens with zero attached hydrogens (tertiary/aromatic N) is 1. The Bertz CT molecular complexity index is 988. The minimum atomic E-state index is -0.540. The van der Waals surface area contributed by atoms with Gasteiger partial charge in [0.15, 0.2) is 0 Å². The zero-order chi connectivity index (χ0) is 19.7. The summed E-state index contributed by atoms with van der Waals surface area (Å²) in [6.45, 7) is 0. The topological polar surface area (TPSA) is 78.5 Å². The average molecular weight is 379 g/mol. The SMILES string of the molecule is O=C(Nc1ccccc1F)c1cccc(N2NC(=O)[C@H]3CC=CC[C@@H]3C2=O)c1. The molecule has 1 aliphatic heterocycles. The maximum absolute atomic E-state index is 13.8. The fourth-order valence-corrected chi connectivity index (χ4v) is 3.53. The molecule has 142 valence electrons. The number of benzene rings is 2. The molecule has 2 N–H and O–H groups in total. The Hall–Kier alpha value is -3.48. The maximum atomic E-state index is 13.8. The van der Waals surface area contributed by atoms with Gasteiger partial charge >= 0.3 is 0 Å². The van der Waals surface area contributed by atoms with E-state index < -0.39 is 17.6 Å². The third-order valence-corrected chi connectivity index (χ3v) is 5.02. The van der Waals surface area contributed by atoms with E-state index in [0.29, 0.717) is 18.5 Å². The summed E-state index contributed by atoms with van der Waals surface area (Å²) in [5.41, 5.74) is 3.32. The van der Waals surface area contributed by atoms with Crippen LogP contribution in [0.25, 0.3) is 0 Å². The zero-order valence-corrected chi connectivity index (χ0v) is 14.9. The summed E-state index contributed by atoms with van der Waals surface area (Å²) >= 11 is 0. The Balaban J connectivity index is 1.57. The van der Waals surface area contributed by atoms with E-state index in [4.69, 9.17) is 0 Å². The first-order valence-corrected chi connectivity index (χ1v) is 9.00. The van der Waals surface area contributed by atoms with Crippen LogP contribution in [0.2, 0.25) is 0 Å². The van der Waals surface area contributed by atoms with Gasteiger partial charge in [-0.1, -0.05) is 30.4 Å². The highest BCUT2D eigenvalue weighted by atomic mass is 19.1. The van der Waals surface area contributed by atoms with Crippen molar-refractivity contribution in [3.8, 4) is 0 Å². The molecular weight excluding hydrogens is 361 g/mol. The van der Waals surface area contributed by atoms with Crippen molar-refractivity contribution in [3.05, 3.63) is 72.1 Å². The predicted octanol–water partition coefficient (Wildman–Crippen LogP) is 3.04. The van der Waals surface area contributed by atoms with Crippen molar-refractivity contribution in [2.75, 3.05) is 10.3 Å². The molecule has 1 heterocycles. The highest BCUT2D eigenvalue weighted by Gasteiger charge is 2.42. The maximum Gasteiger partial charge on any atom is 0.255 e. The van der Waals surface area contributed by atoms with Crippen molar-refractivity contribution in [2.45, 2.75) is 12.8 Å². The molecule has 2 aromatic carbocycles. The fraction of sp³-hybridized carbons (Fsp3) is 0.190. The number of nitrogens with one attached hydrogen (secondary N) is 2. The van der Waals surface area contributed by atoms with Crippen molar-refractivity contribution in [1.82, 2.24) is 5.43 Å². The van der Waals surface area contributed by atoms with E-state index in [1.54, 1.807) is 24.3 Å². The van der Waals surface area contributed by atoms with E-state index in [-0.39, 0.29) is 29.0 Å². The van der Waals surface area contributed by atoms with E-state index >= 15 is 0 Å². The van der Waals surface area contributed by atoms with Crippen molar-refractivity contribution in [3.63, 3.8) is 0 Å². The lowest BCUT2D eigenvalue weighted by Gasteiger charge is -2.38. The zero-order valence-electron chi connectivity index (χ0n) is 14.9. The van der Waals surface area contributed by atoms with Gasteiger partial charge in [0.1, 0.15) is 5.82 Å². The first-order chi connectivity index (χ1) is 13.5. The lowest BCUT2D eigenvalue weighted by Crippen LogP contribution is -2.59. The quantitative estimate of drug-likeness (QED) is 0.805. The van der Waals surface area contributed by atoms with Gasteiger partial charge in [-0.3, -0.25) is 19.8 Å². The number of carbonyl (C=O) groups excluding carboxylic acids is 3. The molecule has 28 heavy (non-hydrogen) atoms. The molecule has 0 saturated carbocycles. The molecular formula is C21H18FN3O3. The molecule has 2 aliphatic rings. The molecule has 1 aliphatic carbocycles. The lowest BCUT2D eigenvalue weighted by molar-refractivity contribution is -0.139. The third kappa shape index (κ3) is 3.26. The number of para-hydroxylation sites is 1. The number of anilines is 2. The van der Waals surface area contributed by atoms with E-state index in [0.717, 1.165) is 0 Å². The number of fused-ring (bicyclic) bond motifs is 1. The fourth-order valence-electron chi connectivity index (χ4n) is 3.53. The number of allylic oxidation sites excluding steroid dienone is 2. The minimum Gasteiger partial charge on any atom is -0.319 e. The van der Waals surface area contributed by atoms with Crippen LogP contribution in [0.1, 0.15) is 23.2 Å².